The molecule has 0 atom stereocenters. The average Bonchev–Trinajstić information content (AvgIpc) is 1.93. The molecule has 0 aliphatic heterocycles. The topological polar surface area (TPSA) is 0 Å². The Kier molecular flexibility index (Phi) is 4.83. The van der Waals surface area contributed by atoms with Crippen molar-refractivity contribution in [2.45, 2.75) is 6.54 Å². The second kappa shape index (κ2) is 4.95. The third-order valence-electron chi connectivity index (χ3n) is 1.57. The van der Waals surface area contributed by atoms with Crippen LogP contribution in [0, 0.1) is 17.7 Å². The second-order valence-corrected chi connectivity index (χ2v) is 4.09. The molecule has 14 heavy (non-hydrogen) atoms. The maximum atomic E-state index is 13.1. The molecule has 1 rings (SSSR count). The summed E-state index contributed by atoms with van der Waals surface area (Å²) in [5.41, 5.74) is 0.425. The summed E-state index contributed by atoms with van der Waals surface area (Å²) < 4.78 is 26.2. The zero-order chi connectivity index (χ0) is 10.1. The summed E-state index contributed by atoms with van der Waals surface area (Å²) in [6.45, 7) is 0.506. The first kappa shape index (κ1) is 13.7. The van der Waals surface area contributed by atoms with Gasteiger partial charge in [0.2, 0.25) is 0 Å². The molecule has 4 heteroatoms. The number of benzene rings is 1. The normalized spacial score (nSPS) is 10.9. The molecule has 0 saturated carbocycles. The van der Waals surface area contributed by atoms with Gasteiger partial charge < -0.3 is 4.48 Å². The molecule has 1 aromatic carbocycles. The minimum absolute atomic E-state index is 0. The van der Waals surface area contributed by atoms with Crippen LogP contribution in [0.25, 0.3) is 0 Å². The van der Waals surface area contributed by atoms with Gasteiger partial charge in [0.25, 0.3) is 0 Å². The van der Waals surface area contributed by atoms with Gasteiger partial charge in [0, 0.05) is 11.6 Å². The van der Waals surface area contributed by atoms with E-state index in [4.69, 9.17) is 0 Å². The van der Waals surface area contributed by atoms with Crippen LogP contribution in [0.4, 0.5) is 8.78 Å². The predicted octanol–water partition coefficient (Wildman–Crippen LogP) is 1.97. The van der Waals surface area contributed by atoms with Gasteiger partial charge in [-0.1, -0.05) is 5.56 Å². The Labute approximate surface area is 96.1 Å². The molecular weight excluding hydrogens is 273 g/mol. The number of halogens is 2. The summed E-state index contributed by atoms with van der Waals surface area (Å²) in [4.78, 5) is 0. The molecule has 0 bridgehead atoms. The molecule has 1 aromatic rings. The summed E-state index contributed by atoms with van der Waals surface area (Å²) in [7, 11) is 5.82. The standard InChI is InChI=1S/C10H13F2N.Ru/c1-13(2,3)7-8-4-5-9(11)6-10(8)12;/h5-6H,7H2,1-3H3;/q;+1. The maximum Gasteiger partial charge on any atom is 1.00 e. The Hall–Kier alpha value is -0.337. The van der Waals surface area contributed by atoms with E-state index in [9.17, 15) is 8.78 Å². The van der Waals surface area contributed by atoms with Gasteiger partial charge in [-0.2, -0.15) is 6.07 Å². The van der Waals surface area contributed by atoms with E-state index < -0.39 is 11.6 Å². The fourth-order valence-electron chi connectivity index (χ4n) is 1.07. The number of hydrogen-bond donors (Lipinski definition) is 0. The molecule has 1 nitrogen and oxygen atoms in total. The molecule has 0 amide bonds. The molecule has 0 saturated heterocycles. The molecule has 0 heterocycles. The summed E-state index contributed by atoms with van der Waals surface area (Å²) in [5.74, 6) is -1.10. The first-order valence-electron chi connectivity index (χ1n) is 4.04. The quantitative estimate of drug-likeness (QED) is 0.443. The van der Waals surface area contributed by atoms with Crippen molar-refractivity contribution >= 4 is 0 Å². The van der Waals surface area contributed by atoms with Gasteiger partial charge in [0.05, 0.1) is 27.7 Å². The fourth-order valence-corrected chi connectivity index (χ4v) is 1.07. The molecule has 0 aliphatic rings. The third kappa shape index (κ3) is 4.25. The van der Waals surface area contributed by atoms with Crippen molar-refractivity contribution in [2.75, 3.05) is 21.1 Å². The van der Waals surface area contributed by atoms with Crippen LogP contribution in [0.15, 0.2) is 12.1 Å². The maximum absolute atomic E-state index is 13.1. The van der Waals surface area contributed by atoms with E-state index in [1.807, 2.05) is 21.1 Å². The van der Waals surface area contributed by atoms with Crippen LogP contribution in [0.5, 0.6) is 0 Å². The Morgan fingerprint density at radius 3 is 2.29 bits per heavy atom. The number of hydrogen-bond acceptors (Lipinski definition) is 0. The molecule has 0 unspecified atom stereocenters. The Morgan fingerprint density at radius 2 is 1.86 bits per heavy atom. The van der Waals surface area contributed by atoms with Crippen LogP contribution in [-0.4, -0.2) is 25.6 Å². The smallest absolute Gasteiger partial charge is 0.329 e. The number of nitrogens with zero attached hydrogens (tertiary/aromatic N) is 1. The van der Waals surface area contributed by atoms with Crippen LogP contribution in [0.3, 0.4) is 0 Å². The van der Waals surface area contributed by atoms with E-state index in [-0.39, 0.29) is 19.5 Å². The van der Waals surface area contributed by atoms with Gasteiger partial charge in [0.15, 0.2) is 0 Å². The van der Waals surface area contributed by atoms with Crippen molar-refractivity contribution in [1.29, 1.82) is 0 Å². The number of rotatable bonds is 2. The Bertz CT molecular complexity index is 307. The summed E-state index contributed by atoms with van der Waals surface area (Å²) in [6.07, 6.45) is 0. The van der Waals surface area contributed by atoms with Crippen molar-refractivity contribution in [1.82, 2.24) is 0 Å². The minimum atomic E-state index is -0.581. The Morgan fingerprint density at radius 1 is 1.29 bits per heavy atom. The van der Waals surface area contributed by atoms with Gasteiger partial charge >= 0.3 is 19.5 Å². The second-order valence-electron chi connectivity index (χ2n) is 4.09. The van der Waals surface area contributed by atoms with Crippen molar-refractivity contribution in [3.8, 4) is 0 Å². The zero-order valence-corrected chi connectivity index (χ0v) is 10.2. The van der Waals surface area contributed by atoms with E-state index in [2.05, 4.69) is 6.07 Å². The SMILES string of the molecule is C[N+](C)(C)Cc1[c-]cc(F)cc1F.[Ru+]. The van der Waals surface area contributed by atoms with Gasteiger partial charge in [-0.25, -0.2) is 0 Å². The molecule has 0 N–H and O–H groups in total. The Balaban J connectivity index is 0.00000169. The van der Waals surface area contributed by atoms with Crippen molar-refractivity contribution in [3.63, 3.8) is 0 Å². The predicted molar refractivity (Wildman–Crippen MR) is 46.9 cm³/mol. The van der Waals surface area contributed by atoms with Crippen molar-refractivity contribution in [3.05, 3.63) is 35.4 Å². The first-order valence-corrected chi connectivity index (χ1v) is 4.04. The van der Waals surface area contributed by atoms with Crippen molar-refractivity contribution < 1.29 is 32.7 Å². The van der Waals surface area contributed by atoms with E-state index in [1.165, 1.54) is 0 Å². The monoisotopic (exact) mass is 287 g/mol. The van der Waals surface area contributed by atoms with Gasteiger partial charge in [-0.15, -0.1) is 12.1 Å². The van der Waals surface area contributed by atoms with E-state index >= 15 is 0 Å². The van der Waals surface area contributed by atoms with E-state index in [1.54, 1.807) is 0 Å². The van der Waals surface area contributed by atoms with Crippen LogP contribution in [0.2, 0.25) is 0 Å². The van der Waals surface area contributed by atoms with Crippen LogP contribution >= 0.6 is 0 Å². The molecule has 0 aliphatic carbocycles. The summed E-state index contributed by atoms with van der Waals surface area (Å²) >= 11 is 0. The molecule has 0 aromatic heterocycles. The molecule has 79 valence electrons. The van der Waals surface area contributed by atoms with Gasteiger partial charge in [-0.05, 0) is 0 Å². The molecule has 0 spiro atoms. The van der Waals surface area contributed by atoms with E-state index in [0.29, 0.717) is 16.6 Å². The first-order chi connectivity index (χ1) is 5.88. The van der Waals surface area contributed by atoms with Crippen LogP contribution in [0.1, 0.15) is 5.56 Å². The molecular formula is C10H13F2NRu+. The average molecular weight is 286 g/mol. The largest absolute Gasteiger partial charge is 1.00 e. The summed E-state index contributed by atoms with van der Waals surface area (Å²) in [5, 5.41) is 0. The summed E-state index contributed by atoms with van der Waals surface area (Å²) in [6, 6.07) is 4.65. The minimum Gasteiger partial charge on any atom is -0.329 e. The zero-order valence-electron chi connectivity index (χ0n) is 8.42. The van der Waals surface area contributed by atoms with Gasteiger partial charge in [0.1, 0.15) is 0 Å². The van der Waals surface area contributed by atoms with Crippen LogP contribution in [-0.2, 0) is 26.0 Å². The van der Waals surface area contributed by atoms with E-state index in [0.717, 1.165) is 12.1 Å². The molecule has 1 radical (unpaired) electrons. The van der Waals surface area contributed by atoms with Crippen molar-refractivity contribution in [2.24, 2.45) is 0 Å². The van der Waals surface area contributed by atoms with Gasteiger partial charge in [-0.3, -0.25) is 8.78 Å². The van der Waals surface area contributed by atoms with Crippen LogP contribution < -0.4 is 0 Å². The third-order valence-corrected chi connectivity index (χ3v) is 1.57. The molecule has 0 fully saturated rings. The number of quaternary nitrogens is 1. The fraction of sp³-hybridized carbons (Fsp3) is 0.400.